The number of allylic oxidation sites excluding steroid dienone is 1. The largest absolute Gasteiger partial charge is 0.494 e. The van der Waals surface area contributed by atoms with Crippen LogP contribution in [0.5, 0.6) is 17.2 Å². The van der Waals surface area contributed by atoms with Crippen LogP contribution >= 0.6 is 11.8 Å². The Morgan fingerprint density at radius 3 is 2.46 bits per heavy atom. The topological polar surface area (TPSA) is 69.2 Å². The van der Waals surface area contributed by atoms with Gasteiger partial charge in [0.1, 0.15) is 12.4 Å². The van der Waals surface area contributed by atoms with E-state index in [-0.39, 0.29) is 5.91 Å². The molecule has 0 bridgehead atoms. The molecule has 1 N–H and O–H groups in total. The number of ether oxygens (including phenoxy) is 3. The third-order valence-electron chi connectivity index (χ3n) is 6.40. The third-order valence-corrected chi connectivity index (χ3v) is 7.31. The van der Waals surface area contributed by atoms with Crippen LogP contribution in [-0.2, 0) is 17.8 Å². The van der Waals surface area contributed by atoms with Crippen molar-refractivity contribution < 1.29 is 19.0 Å². The van der Waals surface area contributed by atoms with E-state index in [0.29, 0.717) is 47.8 Å². The van der Waals surface area contributed by atoms with Crippen molar-refractivity contribution in [1.29, 1.82) is 0 Å². The van der Waals surface area contributed by atoms with Crippen molar-refractivity contribution in [2.24, 2.45) is 4.99 Å². The molecule has 5 rings (SSSR count). The van der Waals surface area contributed by atoms with E-state index in [1.807, 2.05) is 80.6 Å². The number of fused-ring (bicyclic) bond motifs is 1. The zero-order valence-corrected chi connectivity index (χ0v) is 24.0. The smallest absolute Gasteiger partial charge is 0.264 e. The number of amides is 1. The number of carbonyl (C=O) groups excluding carboxylic acids is 1. The van der Waals surface area contributed by atoms with E-state index >= 15 is 0 Å². The predicted octanol–water partition coefficient (Wildman–Crippen LogP) is 7.84. The van der Waals surface area contributed by atoms with Crippen LogP contribution in [0, 0.1) is 0 Å². The number of hydrogen-bond donors (Lipinski definition) is 1. The Morgan fingerprint density at radius 1 is 0.902 bits per heavy atom. The summed E-state index contributed by atoms with van der Waals surface area (Å²) in [6.45, 7) is 9.30. The van der Waals surface area contributed by atoms with Crippen molar-refractivity contribution in [2.75, 3.05) is 13.2 Å². The van der Waals surface area contributed by atoms with Gasteiger partial charge in [-0.1, -0.05) is 48.5 Å². The number of carbonyl (C=O) groups is 1. The Labute approximate surface area is 244 Å². The number of aliphatic imine (C=N–C) groups is 1. The molecule has 1 aliphatic heterocycles. The van der Waals surface area contributed by atoms with Crippen molar-refractivity contribution in [3.63, 3.8) is 0 Å². The lowest BCUT2D eigenvalue weighted by atomic mass is 10.0. The van der Waals surface area contributed by atoms with Crippen LogP contribution in [0.15, 0.2) is 101 Å². The highest BCUT2D eigenvalue weighted by Gasteiger charge is 2.24. The molecule has 0 aliphatic carbocycles. The Hall–Kier alpha value is -4.49. The van der Waals surface area contributed by atoms with E-state index < -0.39 is 0 Å². The maximum Gasteiger partial charge on any atom is 0.264 e. The second-order valence-electron chi connectivity index (χ2n) is 9.27. The Bertz CT molecular complexity index is 1620. The van der Waals surface area contributed by atoms with E-state index in [4.69, 9.17) is 14.2 Å². The van der Waals surface area contributed by atoms with Crippen molar-refractivity contribution in [3.8, 4) is 17.2 Å². The van der Waals surface area contributed by atoms with Crippen molar-refractivity contribution in [3.05, 3.63) is 113 Å². The van der Waals surface area contributed by atoms with Crippen molar-refractivity contribution in [2.45, 2.75) is 26.9 Å². The van der Waals surface area contributed by atoms with Gasteiger partial charge in [-0.2, -0.15) is 0 Å². The minimum Gasteiger partial charge on any atom is -0.494 e. The summed E-state index contributed by atoms with van der Waals surface area (Å²) in [7, 11) is 0. The second kappa shape index (κ2) is 13.2. The van der Waals surface area contributed by atoms with Crippen LogP contribution in [0.2, 0.25) is 0 Å². The molecule has 0 spiro atoms. The van der Waals surface area contributed by atoms with Crippen LogP contribution < -0.4 is 19.5 Å². The van der Waals surface area contributed by atoms with Crippen LogP contribution in [0.1, 0.15) is 30.5 Å². The van der Waals surface area contributed by atoms with Gasteiger partial charge < -0.3 is 19.5 Å². The number of amidine groups is 1. The van der Waals surface area contributed by atoms with Gasteiger partial charge in [0.25, 0.3) is 5.91 Å². The highest BCUT2D eigenvalue weighted by Crippen LogP contribution is 2.37. The summed E-state index contributed by atoms with van der Waals surface area (Å²) in [5.74, 6) is 1.90. The first-order valence-electron chi connectivity index (χ1n) is 13.6. The summed E-state index contributed by atoms with van der Waals surface area (Å²) >= 11 is 1.30. The summed E-state index contributed by atoms with van der Waals surface area (Å²) < 4.78 is 17.9. The van der Waals surface area contributed by atoms with Crippen molar-refractivity contribution in [1.82, 2.24) is 5.32 Å². The number of hydrogen-bond acceptors (Lipinski definition) is 6. The molecule has 4 aromatic carbocycles. The second-order valence-corrected chi connectivity index (χ2v) is 10.3. The fraction of sp³-hybridized carbons (Fsp3) is 0.176. The maximum absolute atomic E-state index is 12.8. The Morgan fingerprint density at radius 2 is 1.68 bits per heavy atom. The molecule has 4 aromatic rings. The van der Waals surface area contributed by atoms with Gasteiger partial charge in [-0.3, -0.25) is 4.79 Å². The molecule has 1 saturated heterocycles. The highest BCUT2D eigenvalue weighted by molar-refractivity contribution is 8.18. The summed E-state index contributed by atoms with van der Waals surface area (Å²) in [5, 5.41) is 5.71. The summed E-state index contributed by atoms with van der Waals surface area (Å²) in [4.78, 5) is 17.9. The first kappa shape index (κ1) is 28.1. The average molecular weight is 565 g/mol. The average Bonchev–Trinajstić information content (AvgIpc) is 3.32. The lowest BCUT2D eigenvalue weighted by molar-refractivity contribution is -0.115. The minimum atomic E-state index is -0.195. The van der Waals surface area contributed by atoms with Gasteiger partial charge in [-0.15, -0.1) is 6.58 Å². The van der Waals surface area contributed by atoms with Gasteiger partial charge >= 0.3 is 0 Å². The third kappa shape index (κ3) is 6.81. The van der Waals surface area contributed by atoms with E-state index in [1.165, 1.54) is 17.1 Å². The SMILES string of the molecule is C=CCc1cc(/C=C2/SC(=Nc3ccc(OCC)cc3)NC2=O)cc(OCC)c1OCc1cccc2ccccc12. The summed E-state index contributed by atoms with van der Waals surface area (Å²) in [5.41, 5.74) is 3.60. The zero-order valence-electron chi connectivity index (χ0n) is 23.2. The molecule has 1 heterocycles. The first-order valence-corrected chi connectivity index (χ1v) is 14.4. The standard InChI is InChI=1S/C34H32N2O4S/c1-4-10-25-19-23(21-31-33(37)36-34(41-31)35-27-15-17-28(18-16-27)38-5-2)20-30(39-6-3)32(25)40-22-26-13-9-12-24-11-7-8-14-29(24)26/h4,7-9,11-21H,1,5-6,10,22H2,2-3H3,(H,35,36,37)/b31-21+. The normalized spacial score (nSPS) is 14.8. The van der Waals surface area contributed by atoms with Gasteiger partial charge in [0, 0.05) is 5.56 Å². The molecule has 0 unspecified atom stereocenters. The number of rotatable bonds is 11. The van der Waals surface area contributed by atoms with E-state index in [1.54, 1.807) is 0 Å². The highest BCUT2D eigenvalue weighted by atomic mass is 32.2. The number of benzene rings is 4. The quantitative estimate of drug-likeness (QED) is 0.148. The molecule has 6 nitrogen and oxygen atoms in total. The molecule has 0 atom stereocenters. The van der Waals surface area contributed by atoms with Gasteiger partial charge in [-0.25, -0.2) is 4.99 Å². The molecular formula is C34H32N2O4S. The van der Waals surface area contributed by atoms with Crippen LogP contribution in [0.25, 0.3) is 16.8 Å². The molecular weight excluding hydrogens is 532 g/mol. The molecule has 208 valence electrons. The molecule has 1 aliphatic rings. The maximum atomic E-state index is 12.8. The lowest BCUT2D eigenvalue weighted by Gasteiger charge is -2.17. The summed E-state index contributed by atoms with van der Waals surface area (Å²) in [6, 6.07) is 25.9. The Balaban J connectivity index is 1.41. The lowest BCUT2D eigenvalue weighted by Crippen LogP contribution is -2.19. The Kier molecular flexibility index (Phi) is 9.06. The van der Waals surface area contributed by atoms with Crippen LogP contribution in [0.3, 0.4) is 0 Å². The molecule has 1 fully saturated rings. The molecule has 41 heavy (non-hydrogen) atoms. The molecule has 7 heteroatoms. The van der Waals surface area contributed by atoms with Gasteiger partial charge in [-0.05, 0) is 96.4 Å². The van der Waals surface area contributed by atoms with E-state index in [0.717, 1.165) is 33.5 Å². The zero-order chi connectivity index (χ0) is 28.6. The molecule has 0 saturated carbocycles. The number of nitrogens with zero attached hydrogens (tertiary/aromatic N) is 1. The van der Waals surface area contributed by atoms with Crippen LogP contribution in [0.4, 0.5) is 5.69 Å². The van der Waals surface area contributed by atoms with Gasteiger partial charge in [0.2, 0.25) is 0 Å². The first-order chi connectivity index (χ1) is 20.1. The summed E-state index contributed by atoms with van der Waals surface area (Å²) in [6.07, 6.45) is 4.28. The van der Waals surface area contributed by atoms with Gasteiger partial charge in [0.05, 0.1) is 23.8 Å². The van der Waals surface area contributed by atoms with E-state index in [2.05, 4.69) is 41.2 Å². The predicted molar refractivity (Wildman–Crippen MR) is 168 cm³/mol. The van der Waals surface area contributed by atoms with E-state index in [9.17, 15) is 4.79 Å². The fourth-order valence-corrected chi connectivity index (χ4v) is 5.44. The van der Waals surface area contributed by atoms with Crippen molar-refractivity contribution >= 4 is 45.4 Å². The minimum absolute atomic E-state index is 0.195. The number of nitrogens with one attached hydrogen (secondary N) is 1. The molecule has 1 amide bonds. The fourth-order valence-electron chi connectivity index (χ4n) is 4.60. The van der Waals surface area contributed by atoms with Crippen LogP contribution in [-0.4, -0.2) is 24.3 Å². The number of thioether (sulfide) groups is 1. The molecule has 0 aromatic heterocycles. The molecule has 0 radical (unpaired) electrons. The van der Waals surface area contributed by atoms with Gasteiger partial charge in [0.15, 0.2) is 16.7 Å². The monoisotopic (exact) mass is 564 g/mol.